The average Bonchev–Trinajstić information content (AvgIpc) is 3.31. The molecule has 35 heavy (non-hydrogen) atoms. The van der Waals surface area contributed by atoms with Crippen LogP contribution in [0.3, 0.4) is 0 Å². The lowest BCUT2D eigenvalue weighted by Crippen LogP contribution is -2.57. The van der Waals surface area contributed by atoms with Crippen LogP contribution in [-0.4, -0.2) is 75.0 Å². The highest BCUT2D eigenvalue weighted by Gasteiger charge is 2.51. The van der Waals surface area contributed by atoms with Gasteiger partial charge in [0, 0.05) is 37.4 Å². The lowest BCUT2D eigenvalue weighted by molar-refractivity contribution is -0.258. The summed E-state index contributed by atoms with van der Waals surface area (Å²) in [7, 11) is -3.63. The molecule has 7 nitrogen and oxygen atoms in total. The Labute approximate surface area is 207 Å². The molecule has 0 saturated carbocycles. The first-order valence-corrected chi connectivity index (χ1v) is 13.8. The second kappa shape index (κ2) is 9.98. The van der Waals surface area contributed by atoms with Gasteiger partial charge in [-0.2, -0.15) is 17.5 Å². The maximum atomic E-state index is 13.3. The van der Waals surface area contributed by atoms with E-state index in [2.05, 4.69) is 5.32 Å². The third kappa shape index (κ3) is 5.52. The van der Waals surface area contributed by atoms with Crippen molar-refractivity contribution in [2.24, 2.45) is 0 Å². The molecule has 3 atom stereocenters. The summed E-state index contributed by atoms with van der Waals surface area (Å²) in [5, 5.41) is 15.2. The van der Waals surface area contributed by atoms with E-state index in [0.29, 0.717) is 36.1 Å². The molecule has 2 N–H and O–H groups in total. The Morgan fingerprint density at radius 3 is 2.43 bits per heavy atom. The number of halogens is 3. The molecule has 12 heteroatoms. The average molecular weight is 534 g/mol. The zero-order valence-corrected chi connectivity index (χ0v) is 21.2. The summed E-state index contributed by atoms with van der Waals surface area (Å²) in [5.74, 6) is 0. The molecular weight excluding hydrogens is 503 g/mol. The molecule has 2 aromatic rings. The quantitative estimate of drug-likeness (QED) is 0.543. The molecule has 0 radical (unpaired) electrons. The first-order chi connectivity index (χ1) is 16.4. The fourth-order valence-electron chi connectivity index (χ4n) is 4.48. The molecule has 2 fully saturated rings. The summed E-state index contributed by atoms with van der Waals surface area (Å²) in [5.41, 5.74) is -2.52. The second-order valence-electron chi connectivity index (χ2n) is 9.30. The summed E-state index contributed by atoms with van der Waals surface area (Å²) in [6.07, 6.45) is -4.17. The van der Waals surface area contributed by atoms with E-state index in [1.807, 2.05) is 11.8 Å². The Kier molecular flexibility index (Phi) is 7.52. The number of nitrogens with one attached hydrogen (secondary N) is 1. The van der Waals surface area contributed by atoms with Crippen LogP contribution >= 0.6 is 11.3 Å². The number of nitrogens with zero attached hydrogens (tertiary/aromatic N) is 2. The number of piperazine rings is 1. The molecule has 2 saturated heterocycles. The molecule has 4 rings (SSSR count). The number of alkyl halides is 3. The van der Waals surface area contributed by atoms with Crippen LogP contribution in [0.4, 0.5) is 18.9 Å². The van der Waals surface area contributed by atoms with E-state index < -0.39 is 21.8 Å². The first kappa shape index (κ1) is 26.4. The number of benzene rings is 1. The van der Waals surface area contributed by atoms with Crippen LogP contribution in [0.15, 0.2) is 46.0 Å². The van der Waals surface area contributed by atoms with Gasteiger partial charge in [0.25, 0.3) is 10.0 Å². The van der Waals surface area contributed by atoms with Crippen LogP contribution in [0.5, 0.6) is 0 Å². The van der Waals surface area contributed by atoms with Crippen molar-refractivity contribution in [1.82, 2.24) is 9.62 Å². The number of hydrogen-bond acceptors (Lipinski definition) is 7. The monoisotopic (exact) mass is 533 g/mol. The van der Waals surface area contributed by atoms with Crippen molar-refractivity contribution in [3.05, 3.63) is 47.3 Å². The molecule has 0 unspecified atom stereocenters. The number of anilines is 1. The number of sulfonamides is 1. The van der Waals surface area contributed by atoms with E-state index in [9.17, 15) is 26.7 Å². The van der Waals surface area contributed by atoms with Gasteiger partial charge in [0.1, 0.15) is 4.21 Å². The van der Waals surface area contributed by atoms with Gasteiger partial charge in [-0.15, -0.1) is 11.3 Å². The van der Waals surface area contributed by atoms with Gasteiger partial charge in [0.2, 0.25) is 0 Å². The molecule has 0 spiro atoms. The Morgan fingerprint density at radius 2 is 1.89 bits per heavy atom. The van der Waals surface area contributed by atoms with Gasteiger partial charge in [-0.05, 0) is 49.4 Å². The minimum Gasteiger partial charge on any atom is -0.378 e. The van der Waals surface area contributed by atoms with Gasteiger partial charge in [0.15, 0.2) is 5.60 Å². The topological polar surface area (TPSA) is 82.1 Å². The van der Waals surface area contributed by atoms with Gasteiger partial charge in [-0.3, -0.25) is 0 Å². The van der Waals surface area contributed by atoms with Crippen molar-refractivity contribution >= 4 is 27.0 Å². The predicted octanol–water partition coefficient (Wildman–Crippen LogP) is 3.16. The van der Waals surface area contributed by atoms with Crippen molar-refractivity contribution in [2.45, 2.75) is 54.4 Å². The van der Waals surface area contributed by atoms with Gasteiger partial charge in [-0.25, -0.2) is 8.42 Å². The first-order valence-electron chi connectivity index (χ1n) is 11.4. The fraction of sp³-hybridized carbons (Fsp3) is 0.565. The highest BCUT2D eigenvalue weighted by Crippen LogP contribution is 2.39. The predicted molar refractivity (Wildman–Crippen MR) is 128 cm³/mol. The van der Waals surface area contributed by atoms with Crippen LogP contribution in [0.2, 0.25) is 0 Å². The largest absolute Gasteiger partial charge is 0.421 e. The summed E-state index contributed by atoms with van der Waals surface area (Å²) >= 11 is 1.18. The van der Waals surface area contributed by atoms with Crippen LogP contribution in [-0.2, 0) is 20.4 Å². The van der Waals surface area contributed by atoms with Crippen molar-refractivity contribution < 1.29 is 31.4 Å². The van der Waals surface area contributed by atoms with Crippen LogP contribution in [0.1, 0.15) is 25.8 Å². The molecule has 3 heterocycles. The zero-order valence-electron chi connectivity index (χ0n) is 19.5. The van der Waals surface area contributed by atoms with Crippen molar-refractivity contribution in [2.75, 3.05) is 37.7 Å². The fourth-order valence-corrected chi connectivity index (χ4v) is 7.09. The summed E-state index contributed by atoms with van der Waals surface area (Å²) in [6, 6.07) is 9.11. The molecule has 0 amide bonds. The maximum Gasteiger partial charge on any atom is 0.421 e. The SMILES string of the molecule is C[C@@H](C[C@H]1CN(S(=O)(=O)c2cccs2)CCN1c1ccc([C@](C)(O)C(F)(F)F)cc1)NC1COC1. The third-order valence-electron chi connectivity index (χ3n) is 6.63. The van der Waals surface area contributed by atoms with E-state index in [-0.39, 0.29) is 36.8 Å². The van der Waals surface area contributed by atoms with E-state index in [0.717, 1.165) is 6.92 Å². The number of hydrogen-bond donors (Lipinski definition) is 2. The van der Waals surface area contributed by atoms with Crippen molar-refractivity contribution in [1.29, 1.82) is 0 Å². The number of thiophene rings is 1. The molecule has 2 aliphatic rings. The normalized spacial score (nSPS) is 23.0. The lowest BCUT2D eigenvalue weighted by Gasteiger charge is -2.43. The molecule has 1 aromatic heterocycles. The molecule has 2 aliphatic heterocycles. The molecule has 1 aromatic carbocycles. The highest BCUT2D eigenvalue weighted by atomic mass is 32.2. The summed E-state index contributed by atoms with van der Waals surface area (Å²) in [6.45, 7) is 4.95. The maximum absolute atomic E-state index is 13.3. The van der Waals surface area contributed by atoms with E-state index in [1.165, 1.54) is 27.8 Å². The Balaban J connectivity index is 1.56. The summed E-state index contributed by atoms with van der Waals surface area (Å²) < 4.78 is 73.1. The third-order valence-corrected chi connectivity index (χ3v) is 9.87. The van der Waals surface area contributed by atoms with Crippen LogP contribution < -0.4 is 10.2 Å². The van der Waals surface area contributed by atoms with E-state index >= 15 is 0 Å². The molecule has 0 aliphatic carbocycles. The molecule has 194 valence electrons. The van der Waals surface area contributed by atoms with Gasteiger partial charge < -0.3 is 20.1 Å². The Hall–Kier alpha value is -1.70. The van der Waals surface area contributed by atoms with Crippen LogP contribution in [0.25, 0.3) is 0 Å². The standard InChI is InChI=1S/C23H30F3N3O4S2/c1-16(27-18-14-33-15-18)12-20-13-28(35(31,32)21-4-3-11-34-21)9-10-29(20)19-7-5-17(6-8-19)22(2,30)23(24,25)26/h3-8,11,16,18,20,27,30H,9-10,12-15H2,1-2H3/t16-,20-,22-/m0/s1. The highest BCUT2D eigenvalue weighted by molar-refractivity contribution is 7.91. The minimum absolute atomic E-state index is 0.0750. The van der Waals surface area contributed by atoms with Gasteiger partial charge in [-0.1, -0.05) is 18.2 Å². The van der Waals surface area contributed by atoms with Crippen molar-refractivity contribution in [3.8, 4) is 0 Å². The Bertz CT molecular complexity index is 1090. The molecular formula is C23H30F3N3O4S2. The smallest absolute Gasteiger partial charge is 0.378 e. The van der Waals surface area contributed by atoms with Crippen molar-refractivity contribution in [3.63, 3.8) is 0 Å². The number of aliphatic hydroxyl groups is 1. The van der Waals surface area contributed by atoms with Crippen LogP contribution in [0, 0.1) is 0 Å². The second-order valence-corrected chi connectivity index (χ2v) is 12.4. The molecule has 0 bridgehead atoms. The summed E-state index contributed by atoms with van der Waals surface area (Å²) in [4.78, 5) is 2.04. The zero-order chi connectivity index (χ0) is 25.4. The van der Waals surface area contributed by atoms with E-state index in [1.54, 1.807) is 29.6 Å². The van der Waals surface area contributed by atoms with Gasteiger partial charge >= 0.3 is 6.18 Å². The minimum atomic E-state index is -4.80. The number of ether oxygens (including phenoxy) is 1. The van der Waals surface area contributed by atoms with Gasteiger partial charge in [0.05, 0.1) is 19.3 Å². The Morgan fingerprint density at radius 1 is 1.20 bits per heavy atom. The van der Waals surface area contributed by atoms with E-state index in [4.69, 9.17) is 4.74 Å². The number of rotatable bonds is 8. The lowest BCUT2D eigenvalue weighted by atomic mass is 9.94.